The van der Waals surface area contributed by atoms with Gasteiger partial charge in [0.1, 0.15) is 17.2 Å². The number of likely N-dealkylation sites (tertiary alicyclic amines) is 1. The number of rotatable bonds is 12. The minimum absolute atomic E-state index is 0.0527. The summed E-state index contributed by atoms with van der Waals surface area (Å²) in [7, 11) is 4.49. The Morgan fingerprint density at radius 2 is 1.46 bits per heavy atom. The normalized spacial score (nSPS) is 14.4. The molecule has 13 heteroatoms. The average molecular weight is 665 g/mol. The summed E-state index contributed by atoms with van der Waals surface area (Å²) in [4.78, 5) is 63.0. The smallest absolute Gasteiger partial charge is 0.453 e. The van der Waals surface area contributed by atoms with E-state index in [4.69, 9.17) is 33.5 Å². The van der Waals surface area contributed by atoms with E-state index in [2.05, 4.69) is 5.32 Å². The molecule has 3 aromatic rings. The first-order valence-electron chi connectivity index (χ1n) is 15.3. The predicted molar refractivity (Wildman–Crippen MR) is 172 cm³/mol. The highest BCUT2D eigenvalue weighted by atomic mass is 17.2. The molecule has 256 valence electrons. The van der Waals surface area contributed by atoms with Crippen molar-refractivity contribution in [2.24, 2.45) is 0 Å². The van der Waals surface area contributed by atoms with Crippen LogP contribution in [0.15, 0.2) is 54.6 Å². The molecule has 2 amide bonds. The number of carbonyl (C=O) groups is 4. The lowest BCUT2D eigenvalue weighted by Gasteiger charge is -2.24. The van der Waals surface area contributed by atoms with Crippen molar-refractivity contribution < 1.29 is 52.6 Å². The van der Waals surface area contributed by atoms with E-state index in [0.29, 0.717) is 42.2 Å². The topological polar surface area (TPSA) is 148 Å². The summed E-state index contributed by atoms with van der Waals surface area (Å²) in [6.45, 7) is 4.29. The fourth-order valence-corrected chi connectivity index (χ4v) is 5.27. The van der Waals surface area contributed by atoms with Crippen LogP contribution in [0.4, 0.5) is 4.79 Å². The number of ether oxygens (including phenoxy) is 5. The Labute approximate surface area is 278 Å². The Hall–Kier alpha value is -5.14. The van der Waals surface area contributed by atoms with Crippen molar-refractivity contribution in [3.63, 3.8) is 0 Å². The number of aryl methyl sites for hydroxylation is 2. The molecule has 1 unspecified atom stereocenters. The third kappa shape index (κ3) is 9.23. The van der Waals surface area contributed by atoms with Gasteiger partial charge in [-0.15, -0.1) is 0 Å². The van der Waals surface area contributed by atoms with Crippen LogP contribution in [0.2, 0.25) is 0 Å². The number of carbonyl (C=O) groups excluding carboxylic acids is 4. The fraction of sp³-hybridized carbons (Fsp3) is 0.371. The molecule has 0 aromatic heterocycles. The molecule has 1 N–H and O–H groups in total. The van der Waals surface area contributed by atoms with E-state index in [-0.39, 0.29) is 54.6 Å². The quantitative estimate of drug-likeness (QED) is 0.121. The monoisotopic (exact) mass is 664 g/mol. The van der Waals surface area contributed by atoms with Gasteiger partial charge in [-0.3, -0.25) is 9.59 Å². The van der Waals surface area contributed by atoms with Gasteiger partial charge in [0.05, 0.1) is 18.2 Å². The summed E-state index contributed by atoms with van der Waals surface area (Å²) in [5.41, 5.74) is 2.65. The highest BCUT2D eigenvalue weighted by Crippen LogP contribution is 2.28. The van der Waals surface area contributed by atoms with Crippen LogP contribution in [0, 0.1) is 13.8 Å². The van der Waals surface area contributed by atoms with Gasteiger partial charge >= 0.3 is 12.1 Å². The SMILES string of the molecule is COCOc1ccc(OC)cc1C(=O)c1ccc(C(=O)OOC(=O)N2CCCCC(NC(=O)c3cc(C)c(OCOC)c(C)c3)C2)cc1. The van der Waals surface area contributed by atoms with Gasteiger partial charge in [0, 0.05) is 44.5 Å². The van der Waals surface area contributed by atoms with E-state index in [1.165, 1.54) is 50.5 Å². The molecule has 1 heterocycles. The molecule has 1 aliphatic heterocycles. The van der Waals surface area contributed by atoms with Crippen molar-refractivity contribution >= 4 is 23.8 Å². The van der Waals surface area contributed by atoms with Gasteiger partial charge in [-0.05, 0) is 86.7 Å². The van der Waals surface area contributed by atoms with Gasteiger partial charge in [0.2, 0.25) is 0 Å². The lowest BCUT2D eigenvalue weighted by Crippen LogP contribution is -2.45. The van der Waals surface area contributed by atoms with Crippen LogP contribution in [0.25, 0.3) is 0 Å². The van der Waals surface area contributed by atoms with Gasteiger partial charge in [-0.2, -0.15) is 0 Å². The molecule has 1 atom stereocenters. The van der Waals surface area contributed by atoms with E-state index in [1.807, 2.05) is 13.8 Å². The summed E-state index contributed by atoms with van der Waals surface area (Å²) < 4.78 is 26.3. The van der Waals surface area contributed by atoms with E-state index in [0.717, 1.165) is 17.5 Å². The van der Waals surface area contributed by atoms with Crippen LogP contribution in [0.5, 0.6) is 17.2 Å². The molecule has 48 heavy (non-hydrogen) atoms. The molecule has 0 radical (unpaired) electrons. The van der Waals surface area contributed by atoms with Crippen LogP contribution >= 0.6 is 0 Å². The molecular formula is C35H40N2O11. The van der Waals surface area contributed by atoms with Crippen LogP contribution in [0.3, 0.4) is 0 Å². The molecule has 3 aromatic carbocycles. The van der Waals surface area contributed by atoms with Crippen LogP contribution in [-0.4, -0.2) is 82.7 Å². The van der Waals surface area contributed by atoms with E-state index >= 15 is 0 Å². The van der Waals surface area contributed by atoms with Crippen molar-refractivity contribution in [2.45, 2.75) is 39.2 Å². The number of benzene rings is 3. The van der Waals surface area contributed by atoms with Crippen molar-refractivity contribution in [3.05, 3.63) is 88.0 Å². The standard InChI is InChI=1S/C35H40N2O11/c1-22-16-26(17-23(2)32(22)46-21-43-4)33(39)36-27-8-6-7-15-37(19-27)35(41)48-47-34(40)25-11-9-24(10-12-25)31(38)29-18-28(44-5)13-14-30(29)45-20-42-3/h9-14,16-18,27H,6-8,15,19-21H2,1-5H3,(H,36,39). The average Bonchev–Trinajstić information content (AvgIpc) is 3.34. The van der Waals surface area contributed by atoms with E-state index in [1.54, 1.807) is 30.3 Å². The number of ketones is 1. The van der Waals surface area contributed by atoms with Crippen molar-refractivity contribution in [1.82, 2.24) is 10.2 Å². The van der Waals surface area contributed by atoms with Crippen molar-refractivity contribution in [2.75, 3.05) is 48.0 Å². The first kappa shape index (κ1) is 35.7. The highest BCUT2D eigenvalue weighted by molar-refractivity contribution is 6.11. The Balaban J connectivity index is 1.33. The number of nitrogens with one attached hydrogen (secondary N) is 1. The van der Waals surface area contributed by atoms with Gasteiger partial charge in [0.15, 0.2) is 19.4 Å². The van der Waals surface area contributed by atoms with Crippen LogP contribution in [0.1, 0.15) is 67.0 Å². The zero-order chi connectivity index (χ0) is 34.6. The van der Waals surface area contributed by atoms with Crippen LogP contribution in [-0.2, 0) is 19.2 Å². The maximum absolute atomic E-state index is 13.2. The fourth-order valence-electron chi connectivity index (χ4n) is 5.27. The minimum atomic E-state index is -0.920. The molecule has 13 nitrogen and oxygen atoms in total. The molecule has 4 rings (SSSR count). The number of methoxy groups -OCH3 is 3. The lowest BCUT2D eigenvalue weighted by molar-refractivity contribution is -0.192. The third-order valence-electron chi connectivity index (χ3n) is 7.64. The first-order chi connectivity index (χ1) is 23.1. The predicted octanol–water partition coefficient (Wildman–Crippen LogP) is 5.00. The molecule has 1 saturated heterocycles. The zero-order valence-electron chi connectivity index (χ0n) is 27.7. The molecule has 0 spiro atoms. The molecule has 1 fully saturated rings. The summed E-state index contributed by atoms with van der Waals surface area (Å²) in [6.07, 6.45) is 1.25. The van der Waals surface area contributed by atoms with E-state index in [9.17, 15) is 19.2 Å². The van der Waals surface area contributed by atoms with Crippen LogP contribution < -0.4 is 19.5 Å². The first-order valence-corrected chi connectivity index (χ1v) is 15.3. The van der Waals surface area contributed by atoms with E-state index < -0.39 is 12.1 Å². The number of hydrogen-bond acceptors (Lipinski definition) is 11. The zero-order valence-corrected chi connectivity index (χ0v) is 27.7. The van der Waals surface area contributed by atoms with Gasteiger partial charge in [-0.25, -0.2) is 19.4 Å². The Kier molecular flexibility index (Phi) is 12.7. The summed E-state index contributed by atoms with van der Waals surface area (Å²) in [5.74, 6) is -0.137. The van der Waals surface area contributed by atoms with Crippen molar-refractivity contribution in [1.29, 1.82) is 0 Å². The number of nitrogens with zero attached hydrogens (tertiary/aromatic N) is 1. The maximum atomic E-state index is 13.2. The third-order valence-corrected chi connectivity index (χ3v) is 7.64. The largest absolute Gasteiger partial charge is 0.497 e. The summed E-state index contributed by atoms with van der Waals surface area (Å²) >= 11 is 0. The maximum Gasteiger partial charge on any atom is 0.453 e. The summed E-state index contributed by atoms with van der Waals surface area (Å²) in [5, 5.41) is 3.00. The number of amides is 2. The number of hydrogen-bond donors (Lipinski definition) is 1. The Morgan fingerprint density at radius 3 is 2.12 bits per heavy atom. The summed E-state index contributed by atoms with van der Waals surface area (Å²) in [6, 6.07) is 13.6. The van der Waals surface area contributed by atoms with Gasteiger partial charge < -0.3 is 33.9 Å². The second-order valence-corrected chi connectivity index (χ2v) is 11.1. The van der Waals surface area contributed by atoms with Gasteiger partial charge in [-0.1, -0.05) is 12.1 Å². The molecule has 0 bridgehead atoms. The van der Waals surface area contributed by atoms with Gasteiger partial charge in [0.25, 0.3) is 5.91 Å². The molecule has 0 saturated carbocycles. The highest BCUT2D eigenvalue weighted by Gasteiger charge is 2.27. The Bertz CT molecular complexity index is 1580. The second kappa shape index (κ2) is 17.1. The second-order valence-electron chi connectivity index (χ2n) is 11.1. The minimum Gasteiger partial charge on any atom is -0.497 e. The lowest BCUT2D eigenvalue weighted by atomic mass is 10.0. The van der Waals surface area contributed by atoms with Crippen molar-refractivity contribution in [3.8, 4) is 17.2 Å². The molecular weight excluding hydrogens is 624 g/mol. The molecule has 0 aliphatic carbocycles. The molecule has 1 aliphatic rings. The Morgan fingerprint density at radius 1 is 0.792 bits per heavy atom.